The van der Waals surface area contributed by atoms with Crippen LogP contribution in [0, 0.1) is 31.0 Å². The second-order valence-corrected chi connectivity index (χ2v) is 7.55. The Kier molecular flexibility index (Phi) is 5.25. The van der Waals surface area contributed by atoms with Gasteiger partial charge in [0.2, 0.25) is 5.91 Å². The van der Waals surface area contributed by atoms with Crippen molar-refractivity contribution >= 4 is 29.1 Å². The highest BCUT2D eigenvalue weighted by Crippen LogP contribution is 2.30. The minimum absolute atomic E-state index is 0.0764. The topological polar surface area (TPSA) is 88.0 Å². The number of amides is 1. The summed E-state index contributed by atoms with van der Waals surface area (Å²) in [4.78, 5) is 12.7. The fourth-order valence-electron chi connectivity index (χ4n) is 3.22. The van der Waals surface area contributed by atoms with E-state index in [0.29, 0.717) is 27.9 Å². The van der Waals surface area contributed by atoms with Crippen molar-refractivity contribution in [2.24, 2.45) is 0 Å². The Hall–Kier alpha value is -3.64. The van der Waals surface area contributed by atoms with E-state index in [1.807, 2.05) is 31.3 Å². The van der Waals surface area contributed by atoms with Gasteiger partial charge in [0.1, 0.15) is 17.7 Å². The quantitative estimate of drug-likeness (QED) is 0.495. The number of aromatic nitrogens is 4. The largest absolute Gasteiger partial charge is 0.310 e. The van der Waals surface area contributed by atoms with E-state index in [0.717, 1.165) is 11.3 Å². The maximum atomic E-state index is 13.8. The minimum Gasteiger partial charge on any atom is -0.310 e. The van der Waals surface area contributed by atoms with Gasteiger partial charge in [-0.1, -0.05) is 23.9 Å². The summed E-state index contributed by atoms with van der Waals surface area (Å²) in [5.41, 5.74) is 3.06. The van der Waals surface area contributed by atoms with Gasteiger partial charge < -0.3 is 5.32 Å². The first-order chi connectivity index (χ1) is 14.5. The fraction of sp³-hybridized carbons (Fsp3) is 0.143. The summed E-state index contributed by atoms with van der Waals surface area (Å²) in [5.74, 6) is -0.301. The van der Waals surface area contributed by atoms with Crippen molar-refractivity contribution in [3.8, 4) is 11.8 Å². The van der Waals surface area contributed by atoms with Gasteiger partial charge >= 0.3 is 0 Å². The van der Waals surface area contributed by atoms with Crippen LogP contribution in [0.25, 0.3) is 11.3 Å². The molecule has 0 saturated heterocycles. The molecular formula is C21H17FN6OS. The number of fused-ring (bicyclic) bond motifs is 1. The van der Waals surface area contributed by atoms with Crippen molar-refractivity contribution < 1.29 is 9.18 Å². The van der Waals surface area contributed by atoms with Gasteiger partial charge in [0.15, 0.2) is 10.8 Å². The molecule has 0 spiro atoms. The third-order valence-electron chi connectivity index (χ3n) is 4.76. The lowest BCUT2D eigenvalue weighted by molar-refractivity contribution is -0.113. The molecule has 4 aromatic rings. The van der Waals surface area contributed by atoms with Crippen molar-refractivity contribution in [1.82, 2.24) is 19.2 Å². The molecule has 150 valence electrons. The van der Waals surface area contributed by atoms with E-state index >= 15 is 0 Å². The number of anilines is 1. The van der Waals surface area contributed by atoms with Crippen LogP contribution in [0.5, 0.6) is 0 Å². The van der Waals surface area contributed by atoms with Gasteiger partial charge in [-0.05, 0) is 49.7 Å². The van der Waals surface area contributed by atoms with E-state index in [2.05, 4.69) is 21.6 Å². The SMILES string of the molecule is Cc1c(C#N)c(NC(=O)CSc2nnc3ccccn23)n(-c2cccc(F)c2)c1C. The van der Waals surface area contributed by atoms with Crippen LogP contribution in [0.2, 0.25) is 0 Å². The number of benzene rings is 1. The molecule has 1 amide bonds. The number of halogens is 1. The van der Waals surface area contributed by atoms with Gasteiger partial charge in [0.25, 0.3) is 0 Å². The van der Waals surface area contributed by atoms with Gasteiger partial charge in [-0.3, -0.25) is 13.8 Å². The predicted molar refractivity (Wildman–Crippen MR) is 112 cm³/mol. The third-order valence-corrected chi connectivity index (χ3v) is 5.71. The van der Waals surface area contributed by atoms with Crippen LogP contribution >= 0.6 is 11.8 Å². The standard InChI is InChI=1S/C21H17FN6OS/c1-13-14(2)28(16-7-5-6-15(22)10-16)20(17(13)11-23)24-19(29)12-30-21-26-25-18-8-3-4-9-27(18)21/h3-10H,12H2,1-2H3,(H,24,29). The number of pyridine rings is 1. The van der Waals surface area contributed by atoms with E-state index in [9.17, 15) is 14.4 Å². The molecule has 7 nitrogen and oxygen atoms in total. The molecule has 1 aromatic carbocycles. The normalized spacial score (nSPS) is 10.9. The second-order valence-electron chi connectivity index (χ2n) is 6.61. The van der Waals surface area contributed by atoms with Crippen molar-refractivity contribution in [3.05, 3.63) is 71.3 Å². The molecule has 3 aromatic heterocycles. The number of rotatable bonds is 5. The van der Waals surface area contributed by atoms with Crippen molar-refractivity contribution in [2.45, 2.75) is 19.0 Å². The highest BCUT2D eigenvalue weighted by molar-refractivity contribution is 7.99. The first-order valence-corrected chi connectivity index (χ1v) is 10.1. The molecule has 0 aliphatic rings. The first-order valence-electron chi connectivity index (χ1n) is 9.10. The number of hydrogen-bond acceptors (Lipinski definition) is 5. The second kappa shape index (κ2) is 8.00. The summed E-state index contributed by atoms with van der Waals surface area (Å²) >= 11 is 1.24. The molecule has 4 rings (SSSR count). The predicted octanol–water partition coefficient (Wildman–Crippen LogP) is 3.88. The third kappa shape index (κ3) is 3.53. The molecule has 9 heteroatoms. The van der Waals surface area contributed by atoms with Crippen molar-refractivity contribution in [1.29, 1.82) is 5.26 Å². The fourth-order valence-corrected chi connectivity index (χ4v) is 3.94. The zero-order chi connectivity index (χ0) is 21.3. The summed E-state index contributed by atoms with van der Waals surface area (Å²) in [6, 6.07) is 13.7. The number of carbonyl (C=O) groups excluding carboxylic acids is 1. The van der Waals surface area contributed by atoms with Gasteiger partial charge in [-0.25, -0.2) is 4.39 Å². The lowest BCUT2D eigenvalue weighted by atomic mass is 10.2. The average molecular weight is 420 g/mol. The molecule has 0 bridgehead atoms. The number of carbonyl (C=O) groups is 1. The molecule has 0 radical (unpaired) electrons. The maximum Gasteiger partial charge on any atom is 0.236 e. The van der Waals surface area contributed by atoms with Crippen LogP contribution in [-0.2, 0) is 4.79 Å². The maximum absolute atomic E-state index is 13.8. The summed E-state index contributed by atoms with van der Waals surface area (Å²) in [6.07, 6.45) is 1.82. The molecule has 0 fully saturated rings. The molecule has 30 heavy (non-hydrogen) atoms. The Labute approximate surface area is 176 Å². The van der Waals surface area contributed by atoms with E-state index in [-0.39, 0.29) is 11.7 Å². The number of nitrogens with one attached hydrogen (secondary N) is 1. The monoisotopic (exact) mass is 420 g/mol. The average Bonchev–Trinajstić information content (AvgIpc) is 3.25. The number of nitrogens with zero attached hydrogens (tertiary/aromatic N) is 5. The van der Waals surface area contributed by atoms with Gasteiger partial charge in [0.05, 0.1) is 17.0 Å². The Bertz CT molecular complexity index is 1300. The van der Waals surface area contributed by atoms with Crippen molar-refractivity contribution in [2.75, 3.05) is 11.1 Å². The molecule has 1 N–H and O–H groups in total. The number of nitriles is 1. The van der Waals surface area contributed by atoms with Crippen LogP contribution in [-0.4, -0.2) is 30.8 Å². The van der Waals surface area contributed by atoms with Gasteiger partial charge in [-0.2, -0.15) is 5.26 Å². The molecule has 0 atom stereocenters. The highest BCUT2D eigenvalue weighted by atomic mass is 32.2. The first kappa shape index (κ1) is 19.7. The summed E-state index contributed by atoms with van der Waals surface area (Å²) < 4.78 is 17.3. The Balaban J connectivity index is 1.61. The Morgan fingerprint density at radius 2 is 2.07 bits per heavy atom. The molecule has 3 heterocycles. The van der Waals surface area contributed by atoms with Crippen LogP contribution in [0.15, 0.2) is 53.8 Å². The van der Waals surface area contributed by atoms with E-state index in [1.165, 1.54) is 23.9 Å². The van der Waals surface area contributed by atoms with E-state index < -0.39 is 5.82 Å². The summed E-state index contributed by atoms with van der Waals surface area (Å²) in [5, 5.41) is 21.2. The van der Waals surface area contributed by atoms with Gasteiger partial charge in [0, 0.05) is 11.9 Å². The zero-order valence-electron chi connectivity index (χ0n) is 16.3. The van der Waals surface area contributed by atoms with E-state index in [1.54, 1.807) is 28.0 Å². The lowest BCUT2D eigenvalue weighted by Crippen LogP contribution is -2.18. The Morgan fingerprint density at radius 1 is 1.23 bits per heavy atom. The number of thioether (sulfide) groups is 1. The van der Waals surface area contributed by atoms with E-state index in [4.69, 9.17) is 0 Å². The smallest absolute Gasteiger partial charge is 0.236 e. The van der Waals surface area contributed by atoms with Gasteiger partial charge in [-0.15, -0.1) is 10.2 Å². The van der Waals surface area contributed by atoms with Crippen molar-refractivity contribution in [3.63, 3.8) is 0 Å². The summed E-state index contributed by atoms with van der Waals surface area (Å²) in [6.45, 7) is 3.63. The molecule has 0 unspecified atom stereocenters. The van der Waals surface area contributed by atoms with Crippen LogP contribution in [0.1, 0.15) is 16.8 Å². The summed E-state index contributed by atoms with van der Waals surface area (Å²) in [7, 11) is 0. The molecule has 0 aliphatic carbocycles. The number of hydrogen-bond donors (Lipinski definition) is 1. The van der Waals surface area contributed by atoms with Crippen LogP contribution in [0.3, 0.4) is 0 Å². The minimum atomic E-state index is -0.400. The van der Waals surface area contributed by atoms with Crippen LogP contribution in [0.4, 0.5) is 10.2 Å². The molecular weight excluding hydrogens is 403 g/mol. The lowest BCUT2D eigenvalue weighted by Gasteiger charge is -2.13. The highest BCUT2D eigenvalue weighted by Gasteiger charge is 2.21. The van der Waals surface area contributed by atoms with Crippen LogP contribution < -0.4 is 5.32 Å². The molecule has 0 aliphatic heterocycles. The molecule has 0 saturated carbocycles. The zero-order valence-corrected chi connectivity index (χ0v) is 17.1. The Morgan fingerprint density at radius 3 is 2.83 bits per heavy atom.